The van der Waals surface area contributed by atoms with Crippen LogP contribution < -0.4 is 5.73 Å². The Labute approximate surface area is 90.5 Å². The lowest BCUT2D eigenvalue weighted by molar-refractivity contribution is -0.125. The Morgan fingerprint density at radius 2 is 1.87 bits per heavy atom. The third-order valence-corrected chi connectivity index (χ3v) is 2.62. The van der Waals surface area contributed by atoms with Gasteiger partial charge in [-0.25, -0.2) is 0 Å². The average molecular weight is 209 g/mol. The maximum Gasteiger partial charge on any atom is 0.244 e. The van der Waals surface area contributed by atoms with E-state index in [1.807, 2.05) is 6.20 Å². The number of nitrogens with zero attached hydrogens (tertiary/aromatic N) is 2. The zero-order valence-corrected chi connectivity index (χ0v) is 10.0. The van der Waals surface area contributed by atoms with Crippen LogP contribution in [0.25, 0.3) is 0 Å². The second kappa shape index (κ2) is 3.36. The molecule has 0 bridgehead atoms. The summed E-state index contributed by atoms with van der Waals surface area (Å²) in [6.07, 6.45) is 3.66. The molecule has 1 amide bonds. The van der Waals surface area contributed by atoms with Gasteiger partial charge in [-0.05, 0) is 24.8 Å². The summed E-state index contributed by atoms with van der Waals surface area (Å²) in [4.78, 5) is 11.2. The first-order valence-corrected chi connectivity index (χ1v) is 5.01. The third-order valence-electron chi connectivity index (χ3n) is 2.62. The number of hydrogen-bond donors (Lipinski definition) is 1. The molecule has 15 heavy (non-hydrogen) atoms. The maximum absolute atomic E-state index is 11.2. The summed E-state index contributed by atoms with van der Waals surface area (Å²) in [5, 5.41) is 4.19. The van der Waals surface area contributed by atoms with Gasteiger partial charge in [0.25, 0.3) is 0 Å². The zero-order chi connectivity index (χ0) is 11.9. The first kappa shape index (κ1) is 11.8. The number of aromatic nitrogens is 2. The molecule has 0 fully saturated rings. The van der Waals surface area contributed by atoms with Crippen LogP contribution in [0.1, 0.15) is 40.2 Å². The monoisotopic (exact) mass is 209 g/mol. The average Bonchev–Trinajstić information content (AvgIpc) is 2.50. The summed E-state index contributed by atoms with van der Waals surface area (Å²) in [6, 6.07) is 0. The predicted molar refractivity (Wildman–Crippen MR) is 59.4 cm³/mol. The highest BCUT2D eigenvalue weighted by Gasteiger charge is 2.29. The smallest absolute Gasteiger partial charge is 0.244 e. The van der Waals surface area contributed by atoms with Crippen molar-refractivity contribution >= 4 is 5.91 Å². The molecule has 0 spiro atoms. The number of amides is 1. The molecule has 1 aromatic rings. The lowest BCUT2D eigenvalue weighted by Gasteiger charge is -2.21. The van der Waals surface area contributed by atoms with Gasteiger partial charge in [-0.15, -0.1) is 0 Å². The molecule has 4 heteroatoms. The molecule has 0 unspecified atom stereocenters. The Morgan fingerprint density at radius 3 is 2.20 bits per heavy atom. The van der Waals surface area contributed by atoms with Crippen LogP contribution in [0.5, 0.6) is 0 Å². The van der Waals surface area contributed by atoms with Gasteiger partial charge in [0.2, 0.25) is 5.91 Å². The predicted octanol–water partition coefficient (Wildman–Crippen LogP) is 1.40. The zero-order valence-electron chi connectivity index (χ0n) is 10.0. The molecule has 0 radical (unpaired) electrons. The molecule has 0 aliphatic heterocycles. The van der Waals surface area contributed by atoms with E-state index >= 15 is 0 Å². The lowest BCUT2D eigenvalue weighted by atomic mass is 9.90. The van der Waals surface area contributed by atoms with E-state index in [1.165, 1.54) is 0 Å². The molecule has 2 N–H and O–H groups in total. The SMILES string of the molecule is CC(C)(C)c1cnn(C(C)(C)C(N)=O)c1. The summed E-state index contributed by atoms with van der Waals surface area (Å²) in [7, 11) is 0. The van der Waals surface area contributed by atoms with E-state index < -0.39 is 5.54 Å². The van der Waals surface area contributed by atoms with Crippen LogP contribution in [0, 0.1) is 0 Å². The molecular weight excluding hydrogens is 190 g/mol. The Balaban J connectivity index is 3.10. The minimum Gasteiger partial charge on any atom is -0.368 e. The van der Waals surface area contributed by atoms with Gasteiger partial charge in [0.05, 0.1) is 6.20 Å². The first-order chi connectivity index (χ1) is 6.65. The van der Waals surface area contributed by atoms with Crippen LogP contribution in [0.15, 0.2) is 12.4 Å². The molecule has 0 aliphatic carbocycles. The number of carbonyl (C=O) groups excluding carboxylic acids is 1. The van der Waals surface area contributed by atoms with E-state index in [-0.39, 0.29) is 11.3 Å². The van der Waals surface area contributed by atoms with Gasteiger partial charge in [0.1, 0.15) is 5.54 Å². The number of rotatable bonds is 2. The number of hydrogen-bond acceptors (Lipinski definition) is 2. The second-order valence-electron chi connectivity index (χ2n) is 5.35. The van der Waals surface area contributed by atoms with Crippen molar-refractivity contribution in [3.05, 3.63) is 18.0 Å². The van der Waals surface area contributed by atoms with Crippen LogP contribution in [-0.4, -0.2) is 15.7 Å². The normalized spacial score (nSPS) is 12.9. The van der Waals surface area contributed by atoms with Crippen molar-refractivity contribution in [3.8, 4) is 0 Å². The maximum atomic E-state index is 11.2. The van der Waals surface area contributed by atoms with Crippen LogP contribution in [0.3, 0.4) is 0 Å². The van der Waals surface area contributed by atoms with Gasteiger partial charge >= 0.3 is 0 Å². The van der Waals surface area contributed by atoms with Crippen molar-refractivity contribution in [2.75, 3.05) is 0 Å². The Morgan fingerprint density at radius 1 is 1.33 bits per heavy atom. The highest BCUT2D eigenvalue weighted by atomic mass is 16.1. The highest BCUT2D eigenvalue weighted by molar-refractivity contribution is 5.81. The van der Waals surface area contributed by atoms with E-state index in [1.54, 1.807) is 24.7 Å². The van der Waals surface area contributed by atoms with Crippen LogP contribution >= 0.6 is 0 Å². The van der Waals surface area contributed by atoms with Gasteiger partial charge in [0, 0.05) is 6.20 Å². The van der Waals surface area contributed by atoms with Gasteiger partial charge in [0.15, 0.2) is 0 Å². The molecule has 0 aromatic carbocycles. The van der Waals surface area contributed by atoms with Gasteiger partial charge in [-0.1, -0.05) is 20.8 Å². The molecule has 1 rings (SSSR count). The standard InChI is InChI=1S/C11H19N3O/c1-10(2,3)8-6-13-14(7-8)11(4,5)9(12)15/h6-7H,1-5H3,(H2,12,15). The quantitative estimate of drug-likeness (QED) is 0.800. The summed E-state index contributed by atoms with van der Waals surface area (Å²) in [5.74, 6) is -0.383. The fourth-order valence-electron chi connectivity index (χ4n) is 1.13. The van der Waals surface area contributed by atoms with Crippen molar-refractivity contribution in [1.82, 2.24) is 9.78 Å². The molecule has 0 saturated carbocycles. The Hall–Kier alpha value is -1.32. The number of carbonyl (C=O) groups is 1. The summed E-state index contributed by atoms with van der Waals surface area (Å²) >= 11 is 0. The summed E-state index contributed by atoms with van der Waals surface area (Å²) in [5.41, 5.74) is 5.67. The minimum absolute atomic E-state index is 0.0337. The van der Waals surface area contributed by atoms with E-state index in [4.69, 9.17) is 5.73 Å². The topological polar surface area (TPSA) is 60.9 Å². The van der Waals surface area contributed by atoms with Gasteiger partial charge < -0.3 is 5.73 Å². The fourth-order valence-corrected chi connectivity index (χ4v) is 1.13. The van der Waals surface area contributed by atoms with E-state index in [0.717, 1.165) is 5.56 Å². The molecule has 1 aromatic heterocycles. The van der Waals surface area contributed by atoms with E-state index in [0.29, 0.717) is 0 Å². The third kappa shape index (κ3) is 2.19. The fraction of sp³-hybridized carbons (Fsp3) is 0.636. The highest BCUT2D eigenvalue weighted by Crippen LogP contribution is 2.23. The summed E-state index contributed by atoms with van der Waals surface area (Å²) in [6.45, 7) is 9.83. The minimum atomic E-state index is -0.774. The van der Waals surface area contributed by atoms with Crippen molar-refractivity contribution in [2.45, 2.75) is 45.6 Å². The number of primary amides is 1. The van der Waals surface area contributed by atoms with Crippen molar-refractivity contribution in [3.63, 3.8) is 0 Å². The van der Waals surface area contributed by atoms with E-state index in [9.17, 15) is 4.79 Å². The van der Waals surface area contributed by atoms with Crippen LogP contribution in [0.4, 0.5) is 0 Å². The van der Waals surface area contributed by atoms with Crippen molar-refractivity contribution < 1.29 is 4.79 Å². The largest absolute Gasteiger partial charge is 0.368 e. The van der Waals surface area contributed by atoms with Crippen LogP contribution in [-0.2, 0) is 15.7 Å². The Kier molecular flexibility index (Phi) is 2.63. The second-order valence-corrected chi connectivity index (χ2v) is 5.35. The van der Waals surface area contributed by atoms with Crippen molar-refractivity contribution in [2.24, 2.45) is 5.73 Å². The lowest BCUT2D eigenvalue weighted by Crippen LogP contribution is -2.41. The van der Waals surface area contributed by atoms with Gasteiger partial charge in [-0.3, -0.25) is 9.48 Å². The van der Waals surface area contributed by atoms with Crippen LogP contribution in [0.2, 0.25) is 0 Å². The molecular formula is C11H19N3O. The number of nitrogens with two attached hydrogens (primary N) is 1. The molecule has 0 saturated heterocycles. The Bertz CT molecular complexity index is 371. The first-order valence-electron chi connectivity index (χ1n) is 5.01. The van der Waals surface area contributed by atoms with Gasteiger partial charge in [-0.2, -0.15) is 5.10 Å². The molecule has 0 aliphatic rings. The molecule has 84 valence electrons. The molecule has 1 heterocycles. The van der Waals surface area contributed by atoms with E-state index in [2.05, 4.69) is 25.9 Å². The summed E-state index contributed by atoms with van der Waals surface area (Å²) < 4.78 is 1.62. The molecule has 4 nitrogen and oxygen atoms in total. The molecule has 0 atom stereocenters. The van der Waals surface area contributed by atoms with Crippen molar-refractivity contribution in [1.29, 1.82) is 0 Å².